The molecule has 0 aliphatic carbocycles. The number of nitrogens with one attached hydrogen (secondary N) is 1. The molecule has 21 heavy (non-hydrogen) atoms. The first-order valence-corrected chi connectivity index (χ1v) is 7.63. The molecule has 2 rings (SSSR count). The molecule has 0 aliphatic heterocycles. The van der Waals surface area contributed by atoms with Gasteiger partial charge in [0.25, 0.3) is 0 Å². The van der Waals surface area contributed by atoms with E-state index >= 15 is 0 Å². The summed E-state index contributed by atoms with van der Waals surface area (Å²) in [6.07, 6.45) is 0. The maximum absolute atomic E-state index is 8.79. The van der Waals surface area contributed by atoms with Crippen LogP contribution in [0.1, 0.15) is 23.6 Å². The molecule has 0 saturated heterocycles. The van der Waals surface area contributed by atoms with Gasteiger partial charge in [-0.05, 0) is 42.4 Å². The fourth-order valence-corrected chi connectivity index (χ4v) is 2.33. The highest BCUT2D eigenvalue weighted by Gasteiger charge is 2.05. The van der Waals surface area contributed by atoms with Gasteiger partial charge in [0, 0.05) is 16.6 Å². The van der Waals surface area contributed by atoms with Crippen molar-refractivity contribution < 1.29 is 4.74 Å². The van der Waals surface area contributed by atoms with Crippen LogP contribution in [0.5, 0.6) is 5.75 Å². The van der Waals surface area contributed by atoms with Crippen molar-refractivity contribution in [1.82, 2.24) is 5.32 Å². The van der Waals surface area contributed by atoms with Crippen LogP contribution in [0.3, 0.4) is 0 Å². The molecule has 4 heteroatoms. The second kappa shape index (κ2) is 7.82. The van der Waals surface area contributed by atoms with Gasteiger partial charge in [0.1, 0.15) is 12.4 Å². The number of hydrogen-bond donors (Lipinski definition) is 1. The number of hydrogen-bond acceptors (Lipinski definition) is 3. The van der Waals surface area contributed by atoms with E-state index in [0.29, 0.717) is 12.2 Å². The van der Waals surface area contributed by atoms with Gasteiger partial charge < -0.3 is 10.1 Å². The van der Waals surface area contributed by atoms with Crippen molar-refractivity contribution in [3.05, 3.63) is 63.6 Å². The number of benzene rings is 2. The van der Waals surface area contributed by atoms with Crippen molar-refractivity contribution in [2.24, 2.45) is 0 Å². The van der Waals surface area contributed by atoms with E-state index in [1.165, 1.54) is 0 Å². The minimum Gasteiger partial charge on any atom is -0.489 e. The van der Waals surface area contributed by atoms with Crippen LogP contribution >= 0.6 is 15.9 Å². The third-order valence-electron chi connectivity index (χ3n) is 3.07. The molecule has 1 N–H and O–H groups in total. The molecule has 2 aromatic rings. The lowest BCUT2D eigenvalue weighted by molar-refractivity contribution is 0.302. The van der Waals surface area contributed by atoms with Crippen molar-refractivity contribution in [3.63, 3.8) is 0 Å². The summed E-state index contributed by atoms with van der Waals surface area (Å²) in [5, 5.41) is 12.1. The molecule has 0 atom stereocenters. The largest absolute Gasteiger partial charge is 0.489 e. The minimum atomic E-state index is 0.493. The van der Waals surface area contributed by atoms with Gasteiger partial charge in [0.15, 0.2) is 0 Å². The summed E-state index contributed by atoms with van der Waals surface area (Å²) in [6.45, 7) is 4.27. The van der Waals surface area contributed by atoms with Crippen LogP contribution in [0.15, 0.2) is 46.9 Å². The Kier molecular flexibility index (Phi) is 5.79. The lowest BCUT2D eigenvalue weighted by Crippen LogP contribution is -2.13. The topological polar surface area (TPSA) is 45.0 Å². The molecule has 3 nitrogen and oxygen atoms in total. The van der Waals surface area contributed by atoms with E-state index in [1.54, 1.807) is 12.1 Å². The predicted octanol–water partition coefficient (Wildman–Crippen LogP) is 4.01. The van der Waals surface area contributed by atoms with E-state index in [0.717, 1.165) is 34.4 Å². The summed E-state index contributed by atoms with van der Waals surface area (Å²) < 4.78 is 6.95. The van der Waals surface area contributed by atoms with Gasteiger partial charge in [-0.3, -0.25) is 0 Å². The average Bonchev–Trinajstić information content (AvgIpc) is 2.52. The maximum Gasteiger partial charge on any atom is 0.124 e. The zero-order valence-electron chi connectivity index (χ0n) is 11.9. The maximum atomic E-state index is 8.79. The zero-order valence-corrected chi connectivity index (χ0v) is 13.5. The van der Waals surface area contributed by atoms with Crippen LogP contribution in [0, 0.1) is 11.3 Å². The summed E-state index contributed by atoms with van der Waals surface area (Å²) in [5.74, 6) is 0.878. The molecule has 2 aromatic carbocycles. The van der Waals surface area contributed by atoms with E-state index in [2.05, 4.69) is 40.3 Å². The third-order valence-corrected chi connectivity index (χ3v) is 3.56. The Balaban J connectivity index is 2.06. The first-order valence-electron chi connectivity index (χ1n) is 6.84. The molecular formula is C17H17BrN2O. The Morgan fingerprint density at radius 1 is 1.19 bits per heavy atom. The molecule has 0 radical (unpaired) electrons. The Morgan fingerprint density at radius 2 is 1.95 bits per heavy atom. The second-order valence-corrected chi connectivity index (χ2v) is 5.55. The molecule has 0 unspecified atom stereocenters. The van der Waals surface area contributed by atoms with Gasteiger partial charge in [-0.25, -0.2) is 0 Å². The number of ether oxygens (including phenoxy) is 1. The Morgan fingerprint density at radius 3 is 2.62 bits per heavy atom. The van der Waals surface area contributed by atoms with Crippen LogP contribution in [0.4, 0.5) is 0 Å². The van der Waals surface area contributed by atoms with Crippen molar-refractivity contribution in [1.29, 1.82) is 5.26 Å². The van der Waals surface area contributed by atoms with Crippen LogP contribution in [0.2, 0.25) is 0 Å². The molecule has 108 valence electrons. The van der Waals surface area contributed by atoms with E-state index < -0.39 is 0 Å². The van der Waals surface area contributed by atoms with Gasteiger partial charge in [0.2, 0.25) is 0 Å². The molecule has 0 aliphatic rings. The second-order valence-electron chi connectivity index (χ2n) is 4.63. The molecule has 0 fully saturated rings. The van der Waals surface area contributed by atoms with E-state index in [4.69, 9.17) is 10.00 Å². The SMILES string of the molecule is CCNCc1cc(Br)ccc1OCc1ccc(C#N)cc1. The van der Waals surface area contributed by atoms with Crippen molar-refractivity contribution >= 4 is 15.9 Å². The van der Waals surface area contributed by atoms with Crippen molar-refractivity contribution in [2.75, 3.05) is 6.54 Å². The van der Waals surface area contributed by atoms with Crippen LogP contribution < -0.4 is 10.1 Å². The molecule has 0 heterocycles. The molecule has 0 bridgehead atoms. The highest BCUT2D eigenvalue weighted by Crippen LogP contribution is 2.24. The van der Waals surface area contributed by atoms with Crippen molar-refractivity contribution in [3.8, 4) is 11.8 Å². The highest BCUT2D eigenvalue weighted by atomic mass is 79.9. The number of nitriles is 1. The molecule has 0 spiro atoms. The first-order chi connectivity index (χ1) is 10.2. The smallest absolute Gasteiger partial charge is 0.124 e. The molecule has 0 amide bonds. The monoisotopic (exact) mass is 344 g/mol. The predicted molar refractivity (Wildman–Crippen MR) is 87.0 cm³/mol. The quantitative estimate of drug-likeness (QED) is 0.860. The van der Waals surface area contributed by atoms with Gasteiger partial charge in [0.05, 0.1) is 11.6 Å². The highest BCUT2D eigenvalue weighted by molar-refractivity contribution is 9.10. The fourth-order valence-electron chi connectivity index (χ4n) is 1.92. The molecule has 0 aromatic heterocycles. The Bertz CT molecular complexity index is 632. The summed E-state index contributed by atoms with van der Waals surface area (Å²) >= 11 is 3.49. The summed E-state index contributed by atoms with van der Waals surface area (Å²) in [4.78, 5) is 0. The first kappa shape index (κ1) is 15.6. The normalized spacial score (nSPS) is 10.1. The molecular weight excluding hydrogens is 328 g/mol. The lowest BCUT2D eigenvalue weighted by Gasteiger charge is -2.12. The Hall–Kier alpha value is -1.83. The molecule has 0 saturated carbocycles. The zero-order chi connectivity index (χ0) is 15.1. The third kappa shape index (κ3) is 4.59. The average molecular weight is 345 g/mol. The number of nitrogens with zero attached hydrogens (tertiary/aromatic N) is 1. The van der Waals surface area contributed by atoms with Gasteiger partial charge in [-0.2, -0.15) is 5.26 Å². The van der Waals surface area contributed by atoms with Crippen LogP contribution in [-0.2, 0) is 13.2 Å². The standard InChI is InChI=1S/C17H17BrN2O/c1-2-20-11-15-9-16(18)7-8-17(15)21-12-14-5-3-13(10-19)4-6-14/h3-9,20H,2,11-12H2,1H3. The fraction of sp³-hybridized carbons (Fsp3) is 0.235. The van der Waals surface area contributed by atoms with Crippen molar-refractivity contribution in [2.45, 2.75) is 20.1 Å². The van der Waals surface area contributed by atoms with Gasteiger partial charge in [-0.1, -0.05) is 35.0 Å². The lowest BCUT2D eigenvalue weighted by atomic mass is 10.1. The van der Waals surface area contributed by atoms with Gasteiger partial charge in [-0.15, -0.1) is 0 Å². The summed E-state index contributed by atoms with van der Waals surface area (Å²) in [5.41, 5.74) is 2.83. The van der Waals surface area contributed by atoms with E-state index in [9.17, 15) is 0 Å². The minimum absolute atomic E-state index is 0.493. The summed E-state index contributed by atoms with van der Waals surface area (Å²) in [7, 11) is 0. The van der Waals surface area contributed by atoms with Gasteiger partial charge >= 0.3 is 0 Å². The van der Waals surface area contributed by atoms with Crippen LogP contribution in [-0.4, -0.2) is 6.54 Å². The number of halogens is 1. The van der Waals surface area contributed by atoms with E-state index in [-0.39, 0.29) is 0 Å². The Labute approximate surface area is 133 Å². The van der Waals surface area contributed by atoms with E-state index in [1.807, 2.05) is 24.3 Å². The summed E-state index contributed by atoms with van der Waals surface area (Å²) in [6, 6.07) is 15.6. The number of rotatable bonds is 6. The van der Waals surface area contributed by atoms with Crippen LogP contribution in [0.25, 0.3) is 0 Å².